The van der Waals surface area contributed by atoms with E-state index in [1.807, 2.05) is 35.4 Å². The molecule has 4 heterocycles. The summed E-state index contributed by atoms with van der Waals surface area (Å²) in [6.45, 7) is 4.49. The van der Waals surface area contributed by atoms with E-state index < -0.39 is 4.92 Å². The third kappa shape index (κ3) is 3.99. The van der Waals surface area contributed by atoms with Crippen LogP contribution < -0.4 is 4.90 Å². The van der Waals surface area contributed by atoms with Gasteiger partial charge in [-0.1, -0.05) is 17.7 Å². The molecule has 0 N–H and O–H groups in total. The highest BCUT2D eigenvalue weighted by Gasteiger charge is 2.28. The molecule has 1 aromatic carbocycles. The van der Waals surface area contributed by atoms with Gasteiger partial charge in [0.25, 0.3) is 11.6 Å². The van der Waals surface area contributed by atoms with Crippen molar-refractivity contribution in [1.82, 2.24) is 19.7 Å². The second kappa shape index (κ2) is 9.03. The number of hydrogen-bond donors (Lipinski definition) is 0. The van der Waals surface area contributed by atoms with Crippen molar-refractivity contribution in [2.45, 2.75) is 13.5 Å². The van der Waals surface area contributed by atoms with Crippen molar-refractivity contribution in [2.24, 2.45) is 0 Å². The van der Waals surface area contributed by atoms with Crippen molar-refractivity contribution in [3.05, 3.63) is 68.7 Å². The number of fused-ring (bicyclic) bond motifs is 1. The lowest BCUT2D eigenvalue weighted by Crippen LogP contribution is -2.49. The Morgan fingerprint density at radius 2 is 2.00 bits per heavy atom. The molecule has 0 atom stereocenters. The monoisotopic (exact) mass is 496 g/mol. The van der Waals surface area contributed by atoms with Crippen LogP contribution in [-0.4, -0.2) is 56.7 Å². The number of amides is 1. The first-order valence-corrected chi connectivity index (χ1v) is 12.1. The van der Waals surface area contributed by atoms with E-state index in [1.54, 1.807) is 39.2 Å². The zero-order valence-corrected chi connectivity index (χ0v) is 19.9. The van der Waals surface area contributed by atoms with Crippen molar-refractivity contribution in [3.8, 4) is 10.6 Å². The average Bonchev–Trinajstić information content (AvgIpc) is 3.53. The topological polar surface area (TPSA) is 97.4 Å². The first-order chi connectivity index (χ1) is 16.5. The summed E-state index contributed by atoms with van der Waals surface area (Å²) in [4.78, 5) is 34.2. The second-order valence-corrected chi connectivity index (χ2v) is 9.28. The molecular weight excluding hydrogens is 476 g/mol. The summed E-state index contributed by atoms with van der Waals surface area (Å²) >= 11 is 7.53. The molecule has 0 saturated carbocycles. The maximum atomic E-state index is 13.6. The average molecular weight is 497 g/mol. The number of aryl methyl sites for hydroxylation is 1. The number of pyridine rings is 1. The van der Waals surface area contributed by atoms with Gasteiger partial charge < -0.3 is 9.80 Å². The van der Waals surface area contributed by atoms with Gasteiger partial charge in [0.05, 0.1) is 32.6 Å². The molecule has 1 saturated heterocycles. The Morgan fingerprint density at radius 3 is 2.68 bits per heavy atom. The van der Waals surface area contributed by atoms with Crippen LogP contribution in [0.3, 0.4) is 0 Å². The number of nitro groups is 1. The van der Waals surface area contributed by atoms with Crippen LogP contribution in [0.1, 0.15) is 17.3 Å². The number of thiophene rings is 1. The highest BCUT2D eigenvalue weighted by Crippen LogP contribution is 2.32. The molecule has 0 aliphatic carbocycles. The van der Waals surface area contributed by atoms with E-state index in [2.05, 4.69) is 5.10 Å². The Morgan fingerprint density at radius 1 is 1.21 bits per heavy atom. The minimum absolute atomic E-state index is 0.0318. The van der Waals surface area contributed by atoms with Crippen molar-refractivity contribution >= 4 is 51.3 Å². The quantitative estimate of drug-likeness (QED) is 0.293. The standard InChI is InChI=1S/C23H21ClN6O3S/c1-2-29-22-17(14-25-29)16(13-18(26-22)21-4-3-11-34-21)23(31)28-9-7-27(8-10-28)19-6-5-15(24)12-20(19)30(32)33/h3-6,11-14H,2,7-10H2,1H3. The van der Waals surface area contributed by atoms with Crippen LogP contribution in [0.4, 0.5) is 11.4 Å². The SMILES string of the molecule is CCn1ncc2c(C(=O)N3CCN(c4ccc(Cl)cc4[N+](=O)[O-])CC3)cc(-c3cccs3)nc21. The number of aromatic nitrogens is 3. The van der Waals surface area contributed by atoms with Crippen molar-refractivity contribution < 1.29 is 9.72 Å². The van der Waals surface area contributed by atoms with Crippen LogP contribution >= 0.6 is 22.9 Å². The highest BCUT2D eigenvalue weighted by molar-refractivity contribution is 7.13. The highest BCUT2D eigenvalue weighted by atomic mass is 35.5. The first-order valence-electron chi connectivity index (χ1n) is 10.8. The molecule has 9 nitrogen and oxygen atoms in total. The number of piperazine rings is 1. The van der Waals surface area contributed by atoms with Gasteiger partial charge >= 0.3 is 0 Å². The minimum Gasteiger partial charge on any atom is -0.362 e. The van der Waals surface area contributed by atoms with Crippen LogP contribution in [0.25, 0.3) is 21.6 Å². The molecule has 1 aliphatic heterocycles. The van der Waals surface area contributed by atoms with E-state index in [1.165, 1.54) is 6.07 Å². The van der Waals surface area contributed by atoms with Gasteiger partial charge in [0.2, 0.25) is 0 Å². The third-order valence-corrected chi connectivity index (χ3v) is 7.08. The molecule has 3 aromatic heterocycles. The van der Waals surface area contributed by atoms with E-state index in [9.17, 15) is 14.9 Å². The summed E-state index contributed by atoms with van der Waals surface area (Å²) in [6.07, 6.45) is 1.70. The van der Waals surface area contributed by atoms with E-state index in [0.717, 1.165) is 16.0 Å². The van der Waals surface area contributed by atoms with Crippen molar-refractivity contribution in [3.63, 3.8) is 0 Å². The summed E-state index contributed by atoms with van der Waals surface area (Å²) < 4.78 is 1.79. The zero-order valence-electron chi connectivity index (χ0n) is 18.3. The Bertz CT molecular complexity index is 1380. The van der Waals surface area contributed by atoms with Crippen LogP contribution in [0.15, 0.2) is 48.0 Å². The van der Waals surface area contributed by atoms with Crippen LogP contribution in [0.5, 0.6) is 0 Å². The van der Waals surface area contributed by atoms with Crippen molar-refractivity contribution in [2.75, 3.05) is 31.1 Å². The fourth-order valence-corrected chi connectivity index (χ4v) is 5.09. The number of carbonyl (C=O) groups is 1. The minimum atomic E-state index is -0.427. The fraction of sp³-hybridized carbons (Fsp3) is 0.261. The fourth-order valence-electron chi connectivity index (χ4n) is 4.24. The van der Waals surface area contributed by atoms with Crippen LogP contribution in [0, 0.1) is 10.1 Å². The number of rotatable bonds is 5. The number of nitrogens with zero attached hydrogens (tertiary/aromatic N) is 6. The lowest BCUT2D eigenvalue weighted by Gasteiger charge is -2.36. The van der Waals surface area contributed by atoms with Gasteiger partial charge in [-0.2, -0.15) is 5.10 Å². The van der Waals surface area contributed by atoms with E-state index >= 15 is 0 Å². The van der Waals surface area contributed by atoms with Gasteiger partial charge in [0.1, 0.15) is 5.69 Å². The first kappa shape index (κ1) is 22.3. The lowest BCUT2D eigenvalue weighted by atomic mass is 10.1. The van der Waals surface area contributed by atoms with Crippen molar-refractivity contribution in [1.29, 1.82) is 0 Å². The largest absolute Gasteiger partial charge is 0.362 e. The Hall–Kier alpha value is -3.50. The van der Waals surface area contributed by atoms with Gasteiger partial charge in [-0.15, -0.1) is 11.3 Å². The normalized spacial score (nSPS) is 14.1. The van der Waals surface area contributed by atoms with Gasteiger partial charge in [0.15, 0.2) is 5.65 Å². The van der Waals surface area contributed by atoms with Crippen LogP contribution in [-0.2, 0) is 6.54 Å². The molecule has 0 bridgehead atoms. The molecule has 1 amide bonds. The number of nitro benzene ring substituents is 1. The molecule has 1 fully saturated rings. The van der Waals surface area contributed by atoms with Crippen LogP contribution in [0.2, 0.25) is 5.02 Å². The summed E-state index contributed by atoms with van der Waals surface area (Å²) in [7, 11) is 0. The second-order valence-electron chi connectivity index (χ2n) is 7.90. The predicted molar refractivity (Wildman–Crippen MR) is 133 cm³/mol. The predicted octanol–water partition coefficient (Wildman–Crippen LogP) is 4.70. The number of carbonyl (C=O) groups excluding carboxylic acids is 1. The molecule has 5 rings (SSSR count). The maximum Gasteiger partial charge on any atom is 0.294 e. The number of anilines is 1. The Kier molecular flexibility index (Phi) is 5.93. The summed E-state index contributed by atoms with van der Waals surface area (Å²) in [5.41, 5.74) is 2.48. The summed E-state index contributed by atoms with van der Waals surface area (Å²) in [6, 6.07) is 10.5. The van der Waals surface area contributed by atoms with Gasteiger partial charge in [0, 0.05) is 43.8 Å². The van der Waals surface area contributed by atoms with Gasteiger partial charge in [-0.05, 0) is 36.6 Å². The number of hydrogen-bond acceptors (Lipinski definition) is 7. The molecule has 0 radical (unpaired) electrons. The van der Waals surface area contributed by atoms with Gasteiger partial charge in [-0.3, -0.25) is 14.9 Å². The third-order valence-electron chi connectivity index (χ3n) is 5.95. The molecule has 174 valence electrons. The number of halogens is 1. The molecular formula is C23H21ClN6O3S. The molecule has 0 unspecified atom stereocenters. The lowest BCUT2D eigenvalue weighted by molar-refractivity contribution is -0.384. The van der Waals surface area contributed by atoms with E-state index in [4.69, 9.17) is 16.6 Å². The summed E-state index contributed by atoms with van der Waals surface area (Å²) in [5.74, 6) is -0.0916. The zero-order chi connectivity index (χ0) is 23.8. The molecule has 4 aromatic rings. The smallest absolute Gasteiger partial charge is 0.294 e. The van der Waals surface area contributed by atoms with E-state index in [-0.39, 0.29) is 11.6 Å². The Labute approximate surface area is 204 Å². The number of benzene rings is 1. The molecule has 11 heteroatoms. The molecule has 34 heavy (non-hydrogen) atoms. The van der Waals surface area contributed by atoms with Gasteiger partial charge in [-0.25, -0.2) is 9.67 Å². The maximum absolute atomic E-state index is 13.6. The Balaban J connectivity index is 1.43. The molecule has 1 aliphatic rings. The summed E-state index contributed by atoms with van der Waals surface area (Å²) in [5, 5.41) is 18.9. The molecule has 0 spiro atoms. The van der Waals surface area contributed by atoms with E-state index in [0.29, 0.717) is 54.6 Å².